The van der Waals surface area contributed by atoms with Crippen LogP contribution in [0, 0.1) is 0 Å². The average molecular weight is 274 g/mol. The highest BCUT2D eigenvalue weighted by atomic mass is 19.4. The van der Waals surface area contributed by atoms with Crippen molar-refractivity contribution >= 4 is 5.91 Å². The van der Waals surface area contributed by atoms with Gasteiger partial charge in [0.25, 0.3) is 0 Å². The Bertz CT molecular complexity index is 455. The van der Waals surface area contributed by atoms with Crippen LogP contribution in [0.4, 0.5) is 13.2 Å². The molecule has 19 heavy (non-hydrogen) atoms. The van der Waals surface area contributed by atoms with Gasteiger partial charge in [-0.1, -0.05) is 32.0 Å². The van der Waals surface area contributed by atoms with Crippen molar-refractivity contribution in [3.05, 3.63) is 35.4 Å². The second kappa shape index (κ2) is 5.61. The molecular formula is C13H17F3N2O. The van der Waals surface area contributed by atoms with Crippen LogP contribution in [-0.4, -0.2) is 19.0 Å². The number of hydrogen-bond acceptors (Lipinski definition) is 2. The number of carbonyl (C=O) groups excluding carboxylic acids is 1. The first-order valence-electron chi connectivity index (χ1n) is 5.82. The van der Waals surface area contributed by atoms with Crippen molar-refractivity contribution in [3.8, 4) is 0 Å². The molecule has 6 heteroatoms. The Kier molecular flexibility index (Phi) is 4.57. The molecule has 0 heterocycles. The summed E-state index contributed by atoms with van der Waals surface area (Å²) in [6, 6.07) is 5.37. The summed E-state index contributed by atoms with van der Waals surface area (Å²) in [5, 5.41) is 2.52. The second-order valence-corrected chi connectivity index (χ2v) is 4.91. The normalized spacial score (nSPS) is 12.3. The highest BCUT2D eigenvalue weighted by molar-refractivity contribution is 5.77. The Hall–Kier alpha value is -1.56. The van der Waals surface area contributed by atoms with Crippen molar-refractivity contribution in [2.24, 2.45) is 5.73 Å². The summed E-state index contributed by atoms with van der Waals surface area (Å²) in [7, 11) is 0. The minimum atomic E-state index is -4.41. The van der Waals surface area contributed by atoms with E-state index in [2.05, 4.69) is 5.32 Å². The molecule has 0 aliphatic rings. The van der Waals surface area contributed by atoms with E-state index in [1.165, 1.54) is 12.1 Å². The van der Waals surface area contributed by atoms with Crippen LogP contribution in [0.5, 0.6) is 0 Å². The zero-order valence-corrected chi connectivity index (χ0v) is 10.8. The van der Waals surface area contributed by atoms with Crippen molar-refractivity contribution in [2.45, 2.75) is 25.4 Å². The fourth-order valence-electron chi connectivity index (χ4n) is 1.81. The maximum Gasteiger partial charge on any atom is 0.416 e. The first-order valence-corrected chi connectivity index (χ1v) is 5.82. The van der Waals surface area contributed by atoms with E-state index in [1.54, 1.807) is 19.9 Å². The lowest BCUT2D eigenvalue weighted by atomic mass is 9.81. The molecule has 106 valence electrons. The molecule has 3 nitrogen and oxygen atoms in total. The van der Waals surface area contributed by atoms with Gasteiger partial charge in [0.2, 0.25) is 5.91 Å². The maximum atomic E-state index is 12.9. The smallest absolute Gasteiger partial charge is 0.354 e. The van der Waals surface area contributed by atoms with E-state index in [9.17, 15) is 18.0 Å². The van der Waals surface area contributed by atoms with Crippen LogP contribution in [0.25, 0.3) is 0 Å². The van der Waals surface area contributed by atoms with Gasteiger partial charge in [0, 0.05) is 12.0 Å². The van der Waals surface area contributed by atoms with Gasteiger partial charge in [0.15, 0.2) is 0 Å². The maximum absolute atomic E-state index is 12.9. The summed E-state index contributed by atoms with van der Waals surface area (Å²) in [4.78, 5) is 11.1. The molecule has 0 aliphatic carbocycles. The lowest BCUT2D eigenvalue weighted by molar-refractivity contribution is -0.138. The number of nitrogens with one attached hydrogen (secondary N) is 1. The molecule has 0 aromatic heterocycles. The topological polar surface area (TPSA) is 55.1 Å². The molecule has 1 aromatic carbocycles. The molecule has 0 bridgehead atoms. The van der Waals surface area contributed by atoms with Crippen molar-refractivity contribution in [1.82, 2.24) is 5.32 Å². The predicted molar refractivity (Wildman–Crippen MR) is 66.5 cm³/mol. The Labute approximate surface area is 110 Å². The van der Waals surface area contributed by atoms with E-state index in [0.29, 0.717) is 0 Å². The van der Waals surface area contributed by atoms with E-state index in [-0.39, 0.29) is 18.7 Å². The van der Waals surface area contributed by atoms with Gasteiger partial charge in [0.1, 0.15) is 0 Å². The standard InChI is InChI=1S/C13H17F3N2O/c1-12(2,8-18-11(19)7-17)9-5-3-4-6-10(9)13(14,15)16/h3-6H,7-8,17H2,1-2H3,(H,18,19). The van der Waals surface area contributed by atoms with Crippen molar-refractivity contribution < 1.29 is 18.0 Å². The number of nitrogens with two attached hydrogens (primary N) is 1. The predicted octanol–water partition coefficient (Wildman–Crippen LogP) is 2.06. The molecule has 1 aromatic rings. The number of carbonyl (C=O) groups is 1. The first-order chi connectivity index (χ1) is 8.68. The zero-order valence-electron chi connectivity index (χ0n) is 10.8. The molecule has 0 radical (unpaired) electrons. The van der Waals surface area contributed by atoms with Gasteiger partial charge in [-0.05, 0) is 11.6 Å². The van der Waals surface area contributed by atoms with Crippen LogP contribution in [-0.2, 0) is 16.4 Å². The number of rotatable bonds is 4. The third-order valence-electron chi connectivity index (χ3n) is 2.87. The van der Waals surface area contributed by atoms with Crippen molar-refractivity contribution in [2.75, 3.05) is 13.1 Å². The van der Waals surface area contributed by atoms with Gasteiger partial charge < -0.3 is 11.1 Å². The van der Waals surface area contributed by atoms with Crippen molar-refractivity contribution in [3.63, 3.8) is 0 Å². The number of hydrogen-bond donors (Lipinski definition) is 2. The van der Waals surface area contributed by atoms with E-state index in [4.69, 9.17) is 5.73 Å². The van der Waals surface area contributed by atoms with E-state index < -0.39 is 23.1 Å². The first kappa shape index (κ1) is 15.5. The molecule has 0 unspecified atom stereocenters. The Balaban J connectivity index is 3.04. The number of halogens is 3. The highest BCUT2D eigenvalue weighted by Gasteiger charge is 2.37. The van der Waals surface area contributed by atoms with E-state index in [0.717, 1.165) is 6.07 Å². The minimum Gasteiger partial charge on any atom is -0.354 e. The average Bonchev–Trinajstić information content (AvgIpc) is 2.35. The molecule has 1 rings (SSSR count). The zero-order chi connectivity index (χ0) is 14.7. The molecule has 0 saturated heterocycles. The SMILES string of the molecule is CC(C)(CNC(=O)CN)c1ccccc1C(F)(F)F. The van der Waals surface area contributed by atoms with Crippen LogP contribution < -0.4 is 11.1 Å². The molecule has 0 fully saturated rings. The largest absolute Gasteiger partial charge is 0.416 e. The van der Waals surface area contributed by atoms with E-state index >= 15 is 0 Å². The fraction of sp³-hybridized carbons (Fsp3) is 0.462. The number of amides is 1. The Morgan fingerprint density at radius 1 is 1.21 bits per heavy atom. The monoisotopic (exact) mass is 274 g/mol. The molecule has 1 amide bonds. The second-order valence-electron chi connectivity index (χ2n) is 4.91. The summed E-state index contributed by atoms with van der Waals surface area (Å²) in [5.74, 6) is -0.391. The third kappa shape index (κ3) is 3.96. The van der Waals surface area contributed by atoms with Gasteiger partial charge in [-0.25, -0.2) is 0 Å². The Morgan fingerprint density at radius 3 is 2.21 bits per heavy atom. The third-order valence-corrected chi connectivity index (χ3v) is 2.87. The summed E-state index contributed by atoms with van der Waals surface area (Å²) in [6.07, 6.45) is -4.41. The summed E-state index contributed by atoms with van der Waals surface area (Å²) >= 11 is 0. The summed E-state index contributed by atoms with van der Waals surface area (Å²) < 4.78 is 38.8. The van der Waals surface area contributed by atoms with Crippen LogP contribution in [0.2, 0.25) is 0 Å². The number of alkyl halides is 3. The van der Waals surface area contributed by atoms with Gasteiger partial charge >= 0.3 is 6.18 Å². The lowest BCUT2D eigenvalue weighted by Gasteiger charge is -2.28. The fourth-order valence-corrected chi connectivity index (χ4v) is 1.81. The van der Waals surface area contributed by atoms with E-state index in [1.807, 2.05) is 0 Å². The van der Waals surface area contributed by atoms with Crippen LogP contribution in [0.15, 0.2) is 24.3 Å². The van der Waals surface area contributed by atoms with Crippen LogP contribution in [0.3, 0.4) is 0 Å². The highest BCUT2D eigenvalue weighted by Crippen LogP contribution is 2.37. The van der Waals surface area contributed by atoms with Crippen LogP contribution in [0.1, 0.15) is 25.0 Å². The van der Waals surface area contributed by atoms with Gasteiger partial charge in [-0.3, -0.25) is 4.79 Å². The number of benzene rings is 1. The molecular weight excluding hydrogens is 257 g/mol. The van der Waals surface area contributed by atoms with Gasteiger partial charge in [-0.15, -0.1) is 0 Å². The molecule has 3 N–H and O–H groups in total. The quantitative estimate of drug-likeness (QED) is 0.883. The minimum absolute atomic E-state index is 0.0934. The summed E-state index contributed by atoms with van der Waals surface area (Å²) in [5.41, 5.74) is 3.78. The van der Waals surface area contributed by atoms with Gasteiger partial charge in [0.05, 0.1) is 12.1 Å². The molecule has 0 aliphatic heterocycles. The molecule has 0 atom stereocenters. The molecule has 0 saturated carbocycles. The summed E-state index contributed by atoms with van der Waals surface area (Å²) in [6.45, 7) is 3.20. The van der Waals surface area contributed by atoms with Gasteiger partial charge in [-0.2, -0.15) is 13.2 Å². The van der Waals surface area contributed by atoms with Crippen molar-refractivity contribution in [1.29, 1.82) is 0 Å². The molecule has 0 spiro atoms. The van der Waals surface area contributed by atoms with Crippen LogP contribution >= 0.6 is 0 Å². The Morgan fingerprint density at radius 2 is 1.74 bits per heavy atom. The lowest BCUT2D eigenvalue weighted by Crippen LogP contribution is -2.40.